The lowest BCUT2D eigenvalue weighted by molar-refractivity contribution is 0.302. The molecule has 0 aliphatic heterocycles. The number of hydrogen-bond acceptors (Lipinski definition) is 4. The minimum atomic E-state index is 0.0810. The number of fused-ring (bicyclic) bond motifs is 1. The fraction of sp³-hybridized carbons (Fsp3) is 0.368. The lowest BCUT2D eigenvalue weighted by Gasteiger charge is -2.10. The van der Waals surface area contributed by atoms with Crippen molar-refractivity contribution in [1.29, 1.82) is 0 Å². The Bertz CT molecular complexity index is 868. The highest BCUT2D eigenvalue weighted by Gasteiger charge is 2.11. The number of para-hydroxylation sites is 1. The van der Waals surface area contributed by atoms with E-state index in [1.54, 1.807) is 15.9 Å². The SMILES string of the molecule is CCc1cc2c(=O)n(CCCCOc3ccccc3)c(C)nc2s1. The van der Waals surface area contributed by atoms with Gasteiger partial charge in [0.1, 0.15) is 16.4 Å². The van der Waals surface area contributed by atoms with E-state index in [1.165, 1.54) is 4.88 Å². The summed E-state index contributed by atoms with van der Waals surface area (Å²) in [5.41, 5.74) is 0.0810. The number of aryl methyl sites for hydroxylation is 2. The van der Waals surface area contributed by atoms with Gasteiger partial charge in [0.25, 0.3) is 5.56 Å². The standard InChI is InChI=1S/C19H22N2O2S/c1-3-16-13-17-18(24-16)20-14(2)21(19(17)22)11-7-8-12-23-15-9-5-4-6-10-15/h4-6,9-10,13H,3,7-8,11-12H2,1-2H3. The first-order valence-electron chi connectivity index (χ1n) is 8.36. The average molecular weight is 342 g/mol. The predicted molar refractivity (Wildman–Crippen MR) is 99.2 cm³/mol. The van der Waals surface area contributed by atoms with E-state index in [-0.39, 0.29) is 5.56 Å². The smallest absolute Gasteiger partial charge is 0.262 e. The number of thiophene rings is 1. The Morgan fingerprint density at radius 2 is 2.00 bits per heavy atom. The molecule has 0 amide bonds. The van der Waals surface area contributed by atoms with Crippen LogP contribution in [0.1, 0.15) is 30.5 Å². The molecule has 0 saturated heterocycles. The van der Waals surface area contributed by atoms with Gasteiger partial charge >= 0.3 is 0 Å². The number of benzene rings is 1. The first kappa shape index (κ1) is 16.7. The van der Waals surface area contributed by atoms with E-state index in [1.807, 2.05) is 43.3 Å². The summed E-state index contributed by atoms with van der Waals surface area (Å²) in [7, 11) is 0. The Labute approximate surface area is 145 Å². The Morgan fingerprint density at radius 1 is 1.21 bits per heavy atom. The third-order valence-corrected chi connectivity index (χ3v) is 5.20. The quantitative estimate of drug-likeness (QED) is 0.605. The van der Waals surface area contributed by atoms with Gasteiger partial charge in [-0.2, -0.15) is 0 Å². The number of hydrogen-bond donors (Lipinski definition) is 0. The van der Waals surface area contributed by atoms with Crippen LogP contribution in [0.5, 0.6) is 5.75 Å². The van der Waals surface area contributed by atoms with Crippen LogP contribution < -0.4 is 10.3 Å². The van der Waals surface area contributed by atoms with Crippen molar-refractivity contribution in [3.05, 3.63) is 57.5 Å². The lowest BCUT2D eigenvalue weighted by atomic mass is 10.3. The van der Waals surface area contributed by atoms with Crippen molar-refractivity contribution in [3.8, 4) is 5.75 Å². The molecule has 0 spiro atoms. The normalized spacial score (nSPS) is 11.1. The van der Waals surface area contributed by atoms with Crippen molar-refractivity contribution >= 4 is 21.6 Å². The molecule has 5 heteroatoms. The van der Waals surface area contributed by atoms with Crippen LogP contribution in [0, 0.1) is 6.92 Å². The topological polar surface area (TPSA) is 44.1 Å². The summed E-state index contributed by atoms with van der Waals surface area (Å²) < 4.78 is 7.48. The molecule has 0 N–H and O–H groups in total. The number of nitrogens with zero attached hydrogens (tertiary/aromatic N) is 2. The van der Waals surface area contributed by atoms with Gasteiger partial charge in [-0.25, -0.2) is 4.98 Å². The summed E-state index contributed by atoms with van der Waals surface area (Å²) in [6.07, 6.45) is 2.74. The molecule has 1 aromatic carbocycles. The molecule has 24 heavy (non-hydrogen) atoms. The van der Waals surface area contributed by atoms with Crippen molar-refractivity contribution in [2.45, 2.75) is 39.7 Å². The van der Waals surface area contributed by atoms with Crippen molar-refractivity contribution in [2.75, 3.05) is 6.61 Å². The zero-order chi connectivity index (χ0) is 16.9. The average Bonchev–Trinajstić information content (AvgIpc) is 3.01. The summed E-state index contributed by atoms with van der Waals surface area (Å²) in [4.78, 5) is 19.3. The second-order valence-electron chi connectivity index (χ2n) is 5.77. The van der Waals surface area contributed by atoms with E-state index in [4.69, 9.17) is 4.74 Å². The zero-order valence-electron chi connectivity index (χ0n) is 14.1. The van der Waals surface area contributed by atoms with Crippen LogP contribution in [0.25, 0.3) is 10.2 Å². The molecule has 0 radical (unpaired) electrons. The van der Waals surface area contributed by atoms with Crippen molar-refractivity contribution in [1.82, 2.24) is 9.55 Å². The Kier molecular flexibility index (Phi) is 5.30. The molecule has 3 aromatic rings. The molecule has 0 bridgehead atoms. The highest BCUT2D eigenvalue weighted by atomic mass is 32.1. The number of unbranched alkanes of at least 4 members (excludes halogenated alkanes) is 1. The third kappa shape index (κ3) is 3.67. The Hall–Kier alpha value is -2.14. The predicted octanol–water partition coefficient (Wildman–Crippen LogP) is 4.19. The van der Waals surface area contributed by atoms with Gasteiger partial charge < -0.3 is 4.74 Å². The maximum Gasteiger partial charge on any atom is 0.262 e. The van der Waals surface area contributed by atoms with E-state index in [2.05, 4.69) is 11.9 Å². The van der Waals surface area contributed by atoms with Gasteiger partial charge in [-0.05, 0) is 44.4 Å². The minimum Gasteiger partial charge on any atom is -0.494 e. The van der Waals surface area contributed by atoms with Crippen LogP contribution in [0.3, 0.4) is 0 Å². The van der Waals surface area contributed by atoms with Crippen LogP contribution in [-0.2, 0) is 13.0 Å². The van der Waals surface area contributed by atoms with Crippen molar-refractivity contribution in [2.24, 2.45) is 0 Å². The molecule has 126 valence electrons. The van der Waals surface area contributed by atoms with Gasteiger partial charge in [0, 0.05) is 11.4 Å². The van der Waals surface area contributed by atoms with E-state index in [0.29, 0.717) is 13.2 Å². The van der Waals surface area contributed by atoms with E-state index in [0.717, 1.165) is 41.1 Å². The van der Waals surface area contributed by atoms with Gasteiger partial charge in [0.15, 0.2) is 0 Å². The van der Waals surface area contributed by atoms with Crippen LogP contribution in [0.2, 0.25) is 0 Å². The monoisotopic (exact) mass is 342 g/mol. The van der Waals surface area contributed by atoms with Crippen LogP contribution >= 0.6 is 11.3 Å². The van der Waals surface area contributed by atoms with E-state index in [9.17, 15) is 4.79 Å². The molecule has 0 fully saturated rings. The molecular formula is C19H22N2O2S. The van der Waals surface area contributed by atoms with E-state index < -0.39 is 0 Å². The largest absolute Gasteiger partial charge is 0.494 e. The highest BCUT2D eigenvalue weighted by Crippen LogP contribution is 2.22. The molecule has 3 rings (SSSR count). The summed E-state index contributed by atoms with van der Waals surface area (Å²) in [5, 5.41) is 0.753. The van der Waals surface area contributed by atoms with Gasteiger partial charge in [-0.3, -0.25) is 9.36 Å². The summed E-state index contributed by atoms with van der Waals surface area (Å²) in [6, 6.07) is 11.8. The molecule has 0 unspecified atom stereocenters. The van der Waals surface area contributed by atoms with Crippen molar-refractivity contribution in [3.63, 3.8) is 0 Å². The fourth-order valence-electron chi connectivity index (χ4n) is 2.68. The number of aromatic nitrogens is 2. The van der Waals surface area contributed by atoms with Gasteiger partial charge in [-0.15, -0.1) is 11.3 Å². The number of ether oxygens (including phenoxy) is 1. The van der Waals surface area contributed by atoms with Crippen LogP contribution in [0.4, 0.5) is 0 Å². The molecule has 0 atom stereocenters. The second-order valence-corrected chi connectivity index (χ2v) is 6.88. The van der Waals surface area contributed by atoms with Gasteiger partial charge in [-0.1, -0.05) is 25.1 Å². The Morgan fingerprint density at radius 3 is 2.75 bits per heavy atom. The molecule has 0 aliphatic rings. The lowest BCUT2D eigenvalue weighted by Crippen LogP contribution is -2.23. The van der Waals surface area contributed by atoms with Crippen molar-refractivity contribution < 1.29 is 4.74 Å². The molecule has 2 heterocycles. The first-order chi connectivity index (χ1) is 11.7. The summed E-state index contributed by atoms with van der Waals surface area (Å²) in [5.74, 6) is 1.68. The maximum atomic E-state index is 12.7. The first-order valence-corrected chi connectivity index (χ1v) is 9.18. The molecule has 0 aliphatic carbocycles. The molecule has 2 aromatic heterocycles. The van der Waals surface area contributed by atoms with Crippen LogP contribution in [-0.4, -0.2) is 16.2 Å². The minimum absolute atomic E-state index is 0.0810. The number of rotatable bonds is 7. The molecular weight excluding hydrogens is 320 g/mol. The second kappa shape index (κ2) is 7.62. The third-order valence-electron chi connectivity index (χ3n) is 4.03. The van der Waals surface area contributed by atoms with Crippen LogP contribution in [0.15, 0.2) is 41.2 Å². The van der Waals surface area contributed by atoms with Gasteiger partial charge in [0.05, 0.1) is 12.0 Å². The highest BCUT2D eigenvalue weighted by molar-refractivity contribution is 7.18. The summed E-state index contributed by atoms with van der Waals surface area (Å²) >= 11 is 1.62. The Balaban J connectivity index is 1.61. The zero-order valence-corrected chi connectivity index (χ0v) is 14.9. The summed E-state index contributed by atoms with van der Waals surface area (Å²) in [6.45, 7) is 5.35. The molecule has 4 nitrogen and oxygen atoms in total. The maximum absolute atomic E-state index is 12.7. The fourth-order valence-corrected chi connectivity index (χ4v) is 3.69. The van der Waals surface area contributed by atoms with E-state index >= 15 is 0 Å². The van der Waals surface area contributed by atoms with Gasteiger partial charge in [0.2, 0.25) is 0 Å². The molecule has 0 saturated carbocycles.